The minimum absolute atomic E-state index is 0.0234. The number of carbonyl (C=O) groups excluding carboxylic acids is 2. The molecular weight excluding hydrogens is 340 g/mol. The Kier molecular flexibility index (Phi) is 5.47. The highest BCUT2D eigenvalue weighted by molar-refractivity contribution is 7.90. The van der Waals surface area contributed by atoms with E-state index in [9.17, 15) is 18.0 Å². The van der Waals surface area contributed by atoms with Crippen molar-refractivity contribution in [3.8, 4) is 0 Å². The third kappa shape index (κ3) is 3.93. The van der Waals surface area contributed by atoms with E-state index < -0.39 is 27.8 Å². The SMILES string of the molecule is CCC(=O)OC1C(=O)CCCC1c1cccc(S(C)(=O)=O)c1Cl. The minimum Gasteiger partial charge on any atom is -0.454 e. The zero-order valence-electron chi connectivity index (χ0n) is 13.0. The van der Waals surface area contributed by atoms with Crippen molar-refractivity contribution in [3.05, 3.63) is 28.8 Å². The van der Waals surface area contributed by atoms with Gasteiger partial charge in [0.05, 0.1) is 9.92 Å². The van der Waals surface area contributed by atoms with Gasteiger partial charge >= 0.3 is 5.97 Å². The van der Waals surface area contributed by atoms with Crippen LogP contribution in [0.15, 0.2) is 23.1 Å². The van der Waals surface area contributed by atoms with Crippen LogP contribution in [0.3, 0.4) is 0 Å². The maximum atomic E-state index is 12.2. The summed E-state index contributed by atoms with van der Waals surface area (Å²) in [6.45, 7) is 1.65. The van der Waals surface area contributed by atoms with Crippen LogP contribution in [0, 0.1) is 0 Å². The molecule has 2 atom stereocenters. The molecule has 2 unspecified atom stereocenters. The molecule has 0 N–H and O–H groups in total. The molecule has 0 amide bonds. The van der Waals surface area contributed by atoms with E-state index in [0.29, 0.717) is 24.8 Å². The number of ether oxygens (including phenoxy) is 1. The monoisotopic (exact) mass is 358 g/mol. The van der Waals surface area contributed by atoms with Gasteiger partial charge in [0, 0.05) is 25.0 Å². The number of benzene rings is 1. The highest BCUT2D eigenvalue weighted by Gasteiger charge is 2.37. The van der Waals surface area contributed by atoms with Crippen molar-refractivity contribution in [2.45, 2.75) is 49.5 Å². The number of esters is 1. The first-order valence-corrected chi connectivity index (χ1v) is 9.73. The fourth-order valence-corrected chi connectivity index (χ4v) is 4.26. The summed E-state index contributed by atoms with van der Waals surface area (Å²) < 4.78 is 28.9. The lowest BCUT2D eigenvalue weighted by molar-refractivity contribution is -0.157. The van der Waals surface area contributed by atoms with Crippen LogP contribution in [0.5, 0.6) is 0 Å². The van der Waals surface area contributed by atoms with Crippen molar-refractivity contribution < 1.29 is 22.7 Å². The van der Waals surface area contributed by atoms with E-state index in [1.165, 1.54) is 6.07 Å². The van der Waals surface area contributed by atoms with Crippen molar-refractivity contribution in [2.24, 2.45) is 0 Å². The highest BCUT2D eigenvalue weighted by Crippen LogP contribution is 2.39. The molecule has 1 saturated carbocycles. The van der Waals surface area contributed by atoms with Gasteiger partial charge in [-0.3, -0.25) is 9.59 Å². The minimum atomic E-state index is -3.48. The van der Waals surface area contributed by atoms with Crippen LogP contribution < -0.4 is 0 Å². The molecule has 5 nitrogen and oxygen atoms in total. The van der Waals surface area contributed by atoms with Gasteiger partial charge in [-0.25, -0.2) is 8.42 Å². The summed E-state index contributed by atoms with van der Waals surface area (Å²) in [6.07, 6.45) is 1.97. The van der Waals surface area contributed by atoms with Gasteiger partial charge < -0.3 is 4.74 Å². The molecule has 2 rings (SSSR count). The normalized spacial score (nSPS) is 22.0. The quantitative estimate of drug-likeness (QED) is 0.773. The lowest BCUT2D eigenvalue weighted by Gasteiger charge is -2.31. The number of halogens is 1. The van der Waals surface area contributed by atoms with E-state index in [1.54, 1.807) is 19.1 Å². The van der Waals surface area contributed by atoms with Gasteiger partial charge in [-0.15, -0.1) is 0 Å². The number of carbonyl (C=O) groups is 2. The van der Waals surface area contributed by atoms with Crippen molar-refractivity contribution in [1.29, 1.82) is 0 Å². The van der Waals surface area contributed by atoms with Crippen LogP contribution >= 0.6 is 11.6 Å². The van der Waals surface area contributed by atoms with Gasteiger partial charge in [-0.2, -0.15) is 0 Å². The van der Waals surface area contributed by atoms with Gasteiger partial charge in [0.2, 0.25) is 0 Å². The van der Waals surface area contributed by atoms with E-state index in [1.807, 2.05) is 0 Å². The zero-order chi connectivity index (χ0) is 17.2. The van der Waals surface area contributed by atoms with Crippen molar-refractivity contribution >= 4 is 33.2 Å². The Hall–Kier alpha value is -1.40. The number of sulfone groups is 1. The second-order valence-corrected chi connectivity index (χ2v) is 8.02. The Morgan fingerprint density at radius 1 is 1.39 bits per heavy atom. The summed E-state index contributed by atoms with van der Waals surface area (Å²) in [5, 5.41) is 0.104. The average molecular weight is 359 g/mol. The van der Waals surface area contributed by atoms with Crippen LogP contribution in [0.4, 0.5) is 0 Å². The average Bonchev–Trinajstić information content (AvgIpc) is 2.48. The molecule has 126 valence electrons. The summed E-state index contributed by atoms with van der Waals surface area (Å²) in [7, 11) is -3.48. The molecule has 1 aromatic carbocycles. The second-order valence-electron chi connectivity index (χ2n) is 5.66. The van der Waals surface area contributed by atoms with E-state index in [2.05, 4.69) is 0 Å². The summed E-state index contributed by atoms with van der Waals surface area (Å²) in [4.78, 5) is 23.8. The third-order valence-electron chi connectivity index (χ3n) is 3.96. The van der Waals surface area contributed by atoms with Gasteiger partial charge in [0.15, 0.2) is 21.7 Å². The Balaban J connectivity index is 2.45. The molecule has 0 aliphatic heterocycles. The molecule has 0 spiro atoms. The highest BCUT2D eigenvalue weighted by atomic mass is 35.5. The number of ketones is 1. The summed E-state index contributed by atoms with van der Waals surface area (Å²) in [5.41, 5.74) is 0.538. The molecule has 0 bridgehead atoms. The molecule has 1 aliphatic carbocycles. The molecule has 7 heteroatoms. The van der Waals surface area contributed by atoms with E-state index >= 15 is 0 Å². The third-order valence-corrected chi connectivity index (χ3v) is 5.63. The summed E-state index contributed by atoms with van der Waals surface area (Å²) in [5.74, 6) is -1.02. The van der Waals surface area contributed by atoms with Crippen LogP contribution in [-0.4, -0.2) is 32.5 Å². The molecule has 1 aliphatic rings. The van der Waals surface area contributed by atoms with E-state index in [4.69, 9.17) is 16.3 Å². The maximum Gasteiger partial charge on any atom is 0.306 e. The Morgan fingerprint density at radius 3 is 2.70 bits per heavy atom. The van der Waals surface area contributed by atoms with Crippen LogP contribution in [0.2, 0.25) is 5.02 Å². The first kappa shape index (κ1) is 17.9. The van der Waals surface area contributed by atoms with Crippen molar-refractivity contribution in [1.82, 2.24) is 0 Å². The maximum absolute atomic E-state index is 12.2. The van der Waals surface area contributed by atoms with Crippen LogP contribution in [0.1, 0.15) is 44.1 Å². The van der Waals surface area contributed by atoms with Crippen molar-refractivity contribution in [3.63, 3.8) is 0 Å². The predicted molar refractivity (Wildman–Crippen MR) is 86.3 cm³/mol. The molecule has 0 heterocycles. The van der Waals surface area contributed by atoms with Gasteiger partial charge in [0.1, 0.15) is 0 Å². The van der Waals surface area contributed by atoms with Gasteiger partial charge in [-0.1, -0.05) is 30.7 Å². The molecule has 1 aromatic rings. The lowest BCUT2D eigenvalue weighted by atomic mass is 9.81. The largest absolute Gasteiger partial charge is 0.454 e. The topological polar surface area (TPSA) is 77.5 Å². The zero-order valence-corrected chi connectivity index (χ0v) is 14.6. The number of hydrogen-bond acceptors (Lipinski definition) is 5. The standard InChI is InChI=1S/C16H19ClO5S/c1-3-14(19)22-16-11(7-4-8-12(16)18)10-6-5-9-13(15(10)17)23(2,20)21/h5-6,9,11,16H,3-4,7-8H2,1-2H3. The number of hydrogen-bond donors (Lipinski definition) is 0. The molecule has 0 aromatic heterocycles. The first-order chi connectivity index (χ1) is 10.8. The van der Waals surface area contributed by atoms with E-state index in [-0.39, 0.29) is 22.1 Å². The summed E-state index contributed by atoms with van der Waals surface area (Å²) in [6, 6.07) is 4.71. The smallest absolute Gasteiger partial charge is 0.306 e. The van der Waals surface area contributed by atoms with Gasteiger partial charge in [0.25, 0.3) is 0 Å². The molecule has 1 fully saturated rings. The second kappa shape index (κ2) is 7.01. The summed E-state index contributed by atoms with van der Waals surface area (Å²) >= 11 is 6.28. The van der Waals surface area contributed by atoms with Crippen molar-refractivity contribution in [2.75, 3.05) is 6.26 Å². The van der Waals surface area contributed by atoms with Gasteiger partial charge in [-0.05, 0) is 24.5 Å². The number of rotatable bonds is 4. The number of Topliss-reactive ketones (excluding diaryl/α,β-unsaturated/α-hetero) is 1. The van der Waals surface area contributed by atoms with E-state index in [0.717, 1.165) is 6.26 Å². The fraction of sp³-hybridized carbons (Fsp3) is 0.500. The molecule has 0 saturated heterocycles. The Labute approximate surface area is 140 Å². The first-order valence-electron chi connectivity index (χ1n) is 7.46. The Bertz CT molecular complexity index is 726. The molecular formula is C16H19ClO5S. The molecule has 23 heavy (non-hydrogen) atoms. The predicted octanol–water partition coefficient (Wildman–Crippen LogP) is 2.90. The Morgan fingerprint density at radius 2 is 2.09 bits per heavy atom. The van der Waals surface area contributed by atoms with Crippen LogP contribution in [0.25, 0.3) is 0 Å². The van der Waals surface area contributed by atoms with Crippen LogP contribution in [-0.2, 0) is 24.2 Å². The molecule has 0 radical (unpaired) electrons. The fourth-order valence-electron chi connectivity index (χ4n) is 2.81. The lowest BCUT2D eigenvalue weighted by Crippen LogP contribution is -2.36.